The Bertz CT molecular complexity index is 593. The molecule has 1 saturated carbocycles. The van der Waals surface area contributed by atoms with Crippen LogP contribution in [-0.2, 0) is 19.1 Å². The number of hydrogen-bond acceptors (Lipinski definition) is 5. The molecule has 2 fully saturated rings. The second-order valence-electron chi connectivity index (χ2n) is 5.87. The predicted octanol–water partition coefficient (Wildman–Crippen LogP) is 1.67. The van der Waals surface area contributed by atoms with Crippen LogP contribution in [0, 0.1) is 12.3 Å². The summed E-state index contributed by atoms with van der Waals surface area (Å²) in [6.45, 7) is 1.95. The summed E-state index contributed by atoms with van der Waals surface area (Å²) in [7, 11) is 1.22. The molecule has 1 aliphatic heterocycles. The van der Waals surface area contributed by atoms with Crippen LogP contribution in [0.25, 0.3) is 0 Å². The van der Waals surface area contributed by atoms with Crippen molar-refractivity contribution in [2.24, 2.45) is 5.41 Å². The lowest BCUT2D eigenvalue weighted by Crippen LogP contribution is -2.51. The molecule has 1 N–H and O–H groups in total. The van der Waals surface area contributed by atoms with E-state index in [0.717, 1.165) is 5.56 Å². The summed E-state index contributed by atoms with van der Waals surface area (Å²) < 4.78 is 10.2. The summed E-state index contributed by atoms with van der Waals surface area (Å²) in [4.78, 5) is 24.5. The number of cyclic esters (lactones) is 1. The van der Waals surface area contributed by atoms with Crippen molar-refractivity contribution in [3.63, 3.8) is 0 Å². The Morgan fingerprint density at radius 3 is 2.62 bits per heavy atom. The summed E-state index contributed by atoms with van der Waals surface area (Å²) in [6, 6.07) is 7.41. The molecule has 0 aromatic heterocycles. The first kappa shape index (κ1) is 14.1. The summed E-state index contributed by atoms with van der Waals surface area (Å²) in [5.74, 6) is -1.39. The van der Waals surface area contributed by atoms with E-state index in [1.54, 1.807) is 0 Å². The second kappa shape index (κ2) is 4.56. The van der Waals surface area contributed by atoms with Crippen molar-refractivity contribution in [2.45, 2.75) is 37.9 Å². The molecule has 112 valence electrons. The smallest absolute Gasteiger partial charge is 0.327 e. The highest BCUT2D eigenvalue weighted by atomic mass is 16.6. The first-order chi connectivity index (χ1) is 9.95. The van der Waals surface area contributed by atoms with Gasteiger partial charge in [0.05, 0.1) is 7.11 Å². The van der Waals surface area contributed by atoms with E-state index in [2.05, 4.69) is 0 Å². The third-order valence-electron chi connectivity index (χ3n) is 4.77. The Morgan fingerprint density at radius 2 is 2.00 bits per heavy atom. The summed E-state index contributed by atoms with van der Waals surface area (Å²) in [5, 5.41) is 11.1. The maximum atomic E-state index is 12.4. The molecule has 1 aromatic rings. The number of benzene rings is 1. The molecule has 0 spiro atoms. The van der Waals surface area contributed by atoms with Crippen molar-refractivity contribution in [2.75, 3.05) is 7.11 Å². The van der Waals surface area contributed by atoms with Gasteiger partial charge in [0, 0.05) is 0 Å². The standard InChI is InChI=1S/C16H18O5/c1-10-4-6-11(7-5-10)12-16(19)9-3-8-15(16,13(17)20-2)14(18)21-12/h4-7,12,19H,3,8-9H2,1-2H3/t12-,15+,16-/m1/s1. The van der Waals surface area contributed by atoms with Gasteiger partial charge in [0.2, 0.25) is 0 Å². The van der Waals surface area contributed by atoms with Crippen molar-refractivity contribution < 1.29 is 24.2 Å². The molecule has 5 heteroatoms. The van der Waals surface area contributed by atoms with Crippen molar-refractivity contribution >= 4 is 11.9 Å². The molecule has 0 bridgehead atoms. The highest BCUT2D eigenvalue weighted by molar-refractivity contribution is 6.04. The van der Waals surface area contributed by atoms with Gasteiger partial charge in [-0.1, -0.05) is 29.8 Å². The monoisotopic (exact) mass is 290 g/mol. The minimum atomic E-state index is -1.59. The van der Waals surface area contributed by atoms with Gasteiger partial charge in [-0.2, -0.15) is 0 Å². The Morgan fingerprint density at radius 1 is 1.33 bits per heavy atom. The largest absolute Gasteiger partial charge is 0.468 e. The fraction of sp³-hybridized carbons (Fsp3) is 0.500. The summed E-state index contributed by atoms with van der Waals surface area (Å²) in [6.07, 6.45) is 0.361. The first-order valence-electron chi connectivity index (χ1n) is 7.04. The van der Waals surface area contributed by atoms with E-state index in [4.69, 9.17) is 9.47 Å². The number of hydrogen-bond donors (Lipinski definition) is 1. The zero-order valence-electron chi connectivity index (χ0n) is 12.1. The van der Waals surface area contributed by atoms with Crippen molar-refractivity contribution in [1.29, 1.82) is 0 Å². The van der Waals surface area contributed by atoms with Crippen molar-refractivity contribution in [1.82, 2.24) is 0 Å². The Labute approximate surface area is 122 Å². The van der Waals surface area contributed by atoms with Gasteiger partial charge in [0.15, 0.2) is 11.5 Å². The Hall–Kier alpha value is -1.88. The molecule has 0 unspecified atom stereocenters. The molecule has 1 aliphatic carbocycles. The maximum absolute atomic E-state index is 12.4. The lowest BCUT2D eigenvalue weighted by atomic mass is 9.72. The van der Waals surface area contributed by atoms with Gasteiger partial charge in [-0.25, -0.2) is 0 Å². The van der Waals surface area contributed by atoms with Gasteiger partial charge >= 0.3 is 11.9 Å². The third kappa shape index (κ3) is 1.67. The lowest BCUT2D eigenvalue weighted by Gasteiger charge is -2.32. The minimum Gasteiger partial charge on any atom is -0.468 e. The van der Waals surface area contributed by atoms with Crippen LogP contribution in [0.2, 0.25) is 0 Å². The van der Waals surface area contributed by atoms with E-state index in [9.17, 15) is 14.7 Å². The topological polar surface area (TPSA) is 72.8 Å². The molecule has 0 amide bonds. The van der Waals surface area contributed by atoms with E-state index in [1.165, 1.54) is 7.11 Å². The molecule has 3 atom stereocenters. The minimum absolute atomic E-state index is 0.261. The van der Waals surface area contributed by atoms with Gasteiger partial charge in [-0.05, 0) is 31.7 Å². The molecule has 21 heavy (non-hydrogen) atoms. The highest BCUT2D eigenvalue weighted by Gasteiger charge is 2.74. The van der Waals surface area contributed by atoms with Crippen LogP contribution < -0.4 is 0 Å². The molecule has 2 aliphatic rings. The van der Waals surface area contributed by atoms with Crippen LogP contribution in [0.3, 0.4) is 0 Å². The number of rotatable bonds is 2. The fourth-order valence-electron chi connectivity index (χ4n) is 3.61. The van der Waals surface area contributed by atoms with Gasteiger partial charge in [-0.15, -0.1) is 0 Å². The average molecular weight is 290 g/mol. The van der Waals surface area contributed by atoms with Gasteiger partial charge in [0.25, 0.3) is 0 Å². The number of fused-ring (bicyclic) bond motifs is 1. The molecular weight excluding hydrogens is 272 g/mol. The molecule has 3 rings (SSSR count). The van der Waals surface area contributed by atoms with Gasteiger partial charge in [0.1, 0.15) is 5.60 Å². The number of esters is 2. The van der Waals surface area contributed by atoms with Crippen molar-refractivity contribution in [3.05, 3.63) is 35.4 Å². The molecule has 1 aromatic carbocycles. The maximum Gasteiger partial charge on any atom is 0.327 e. The number of aryl methyl sites for hydroxylation is 1. The SMILES string of the molecule is COC(=O)[C@]12CCC[C@@]1(O)[C@@H](c1ccc(C)cc1)OC2=O. The summed E-state index contributed by atoms with van der Waals surface area (Å²) in [5.41, 5.74) is -1.35. The Kier molecular flexibility index (Phi) is 3.06. The first-order valence-corrected chi connectivity index (χ1v) is 7.04. The van der Waals surface area contributed by atoms with E-state index >= 15 is 0 Å². The van der Waals surface area contributed by atoms with Crippen LogP contribution >= 0.6 is 0 Å². The Balaban J connectivity index is 2.08. The van der Waals surface area contributed by atoms with Crippen LogP contribution in [0.4, 0.5) is 0 Å². The summed E-state index contributed by atoms with van der Waals surface area (Å²) >= 11 is 0. The average Bonchev–Trinajstić information content (AvgIpc) is 2.93. The fourth-order valence-corrected chi connectivity index (χ4v) is 3.61. The van der Waals surface area contributed by atoms with Crippen LogP contribution in [0.5, 0.6) is 0 Å². The van der Waals surface area contributed by atoms with Crippen LogP contribution in [-0.4, -0.2) is 29.8 Å². The molecular formula is C16H18O5. The number of methoxy groups -OCH3 is 1. The highest BCUT2D eigenvalue weighted by Crippen LogP contribution is 2.60. The second-order valence-corrected chi connectivity index (χ2v) is 5.87. The third-order valence-corrected chi connectivity index (χ3v) is 4.77. The number of carbonyl (C=O) groups excluding carboxylic acids is 2. The number of carbonyl (C=O) groups is 2. The zero-order chi connectivity index (χ0) is 15.3. The lowest BCUT2D eigenvalue weighted by molar-refractivity contribution is -0.169. The van der Waals surface area contributed by atoms with Gasteiger partial charge < -0.3 is 14.6 Å². The molecule has 1 saturated heterocycles. The molecule has 0 radical (unpaired) electrons. The van der Waals surface area contributed by atoms with Crippen LogP contribution in [0.1, 0.15) is 36.5 Å². The number of aliphatic hydroxyl groups is 1. The number of ether oxygens (including phenoxy) is 2. The normalized spacial score (nSPS) is 34.4. The quantitative estimate of drug-likeness (QED) is 0.662. The molecule has 5 nitrogen and oxygen atoms in total. The van der Waals surface area contributed by atoms with E-state index < -0.39 is 29.1 Å². The zero-order valence-corrected chi connectivity index (χ0v) is 12.1. The van der Waals surface area contributed by atoms with Gasteiger partial charge in [-0.3, -0.25) is 9.59 Å². The van der Waals surface area contributed by atoms with E-state index in [-0.39, 0.29) is 6.42 Å². The van der Waals surface area contributed by atoms with Crippen LogP contribution in [0.15, 0.2) is 24.3 Å². The van der Waals surface area contributed by atoms with E-state index in [0.29, 0.717) is 18.4 Å². The van der Waals surface area contributed by atoms with E-state index in [1.807, 2.05) is 31.2 Å². The predicted molar refractivity (Wildman–Crippen MR) is 73.3 cm³/mol. The van der Waals surface area contributed by atoms with Crippen molar-refractivity contribution in [3.8, 4) is 0 Å². The molecule has 1 heterocycles.